The summed E-state index contributed by atoms with van der Waals surface area (Å²) >= 11 is 1.61. The predicted molar refractivity (Wildman–Crippen MR) is 299 cm³/mol. The number of H-pyrrole nitrogens is 1. The van der Waals surface area contributed by atoms with Crippen LogP contribution in [0.5, 0.6) is 5.75 Å². The SMILES string of the molecule is C=C(N[C@@H](C)c1ccc(-c2scnc2C)cc1)[C@@H]1C[C@@H](O)CN1C(=O)[C@@H](NC(=O)COCCOCCOc1ccc(-c2cc(C(=O)NCc3c(C)cc(C)[nH]c3=O)c(C)c(N(CC)C3CCOCC3)c2)cc1)C(C)(C)C. The zero-order valence-corrected chi connectivity index (χ0v) is 46.5. The fourth-order valence-corrected chi connectivity index (χ4v) is 10.9. The van der Waals surface area contributed by atoms with Gasteiger partial charge in [-0.1, -0.05) is 63.7 Å². The number of aryl methyl sites for hydroxylation is 3. The molecule has 0 saturated carbocycles. The molecule has 0 aliphatic carbocycles. The summed E-state index contributed by atoms with van der Waals surface area (Å²) in [6.07, 6.45) is 1.38. The molecule has 2 saturated heterocycles. The Kier molecular flexibility index (Phi) is 19.7. The van der Waals surface area contributed by atoms with Crippen molar-refractivity contribution in [3.8, 4) is 27.3 Å². The number of hydrogen-bond acceptors (Lipinski definition) is 13. The molecular formula is C59H77N7O9S. The maximum atomic E-state index is 14.2. The highest BCUT2D eigenvalue weighted by Gasteiger charge is 2.43. The Bertz CT molecular complexity index is 2850. The number of anilines is 1. The number of thiazole rings is 1. The molecule has 7 rings (SSSR count). The summed E-state index contributed by atoms with van der Waals surface area (Å²) in [6, 6.07) is 20.8. The first-order chi connectivity index (χ1) is 36.3. The number of nitrogens with zero attached hydrogens (tertiary/aromatic N) is 3. The maximum absolute atomic E-state index is 14.2. The number of likely N-dealkylation sites (tertiary alicyclic amines) is 1. The molecule has 0 radical (unpaired) electrons. The van der Waals surface area contributed by atoms with Gasteiger partial charge in [0, 0.05) is 79.6 Å². The molecule has 2 fully saturated rings. The van der Waals surface area contributed by atoms with Crippen molar-refractivity contribution in [2.45, 2.75) is 118 Å². The minimum absolute atomic E-state index is 0.106. The molecule has 4 heterocycles. The van der Waals surface area contributed by atoms with Crippen molar-refractivity contribution in [1.82, 2.24) is 30.8 Å². The molecule has 16 nitrogen and oxygen atoms in total. The highest BCUT2D eigenvalue weighted by molar-refractivity contribution is 7.13. The molecule has 4 atom stereocenters. The monoisotopic (exact) mass is 1060 g/mol. The fraction of sp³-hybridized carbons (Fsp3) is 0.475. The van der Waals surface area contributed by atoms with Gasteiger partial charge >= 0.3 is 0 Å². The number of benzene rings is 3. The van der Waals surface area contributed by atoms with E-state index in [1.165, 1.54) is 0 Å². The van der Waals surface area contributed by atoms with Gasteiger partial charge in [-0.3, -0.25) is 19.2 Å². The van der Waals surface area contributed by atoms with Crippen molar-refractivity contribution >= 4 is 34.7 Å². The van der Waals surface area contributed by atoms with Crippen LogP contribution in [-0.2, 0) is 30.3 Å². The second-order valence-electron chi connectivity index (χ2n) is 21.0. The van der Waals surface area contributed by atoms with Crippen molar-refractivity contribution in [1.29, 1.82) is 0 Å². The van der Waals surface area contributed by atoms with Crippen LogP contribution in [0.25, 0.3) is 21.6 Å². The lowest BCUT2D eigenvalue weighted by molar-refractivity contribution is -0.141. The lowest BCUT2D eigenvalue weighted by atomic mass is 9.85. The largest absolute Gasteiger partial charge is 0.491 e. The van der Waals surface area contributed by atoms with Crippen LogP contribution in [0.4, 0.5) is 5.69 Å². The van der Waals surface area contributed by atoms with E-state index in [0.29, 0.717) is 42.2 Å². The van der Waals surface area contributed by atoms with Crippen LogP contribution in [0.15, 0.2) is 89.3 Å². The highest BCUT2D eigenvalue weighted by Crippen LogP contribution is 2.35. The second kappa shape index (κ2) is 26.1. The van der Waals surface area contributed by atoms with Crippen molar-refractivity contribution in [3.05, 3.63) is 134 Å². The van der Waals surface area contributed by atoms with Gasteiger partial charge in [-0.15, -0.1) is 11.3 Å². The Balaban J connectivity index is 0.874. The number of pyridine rings is 1. The molecule has 408 valence electrons. The maximum Gasteiger partial charge on any atom is 0.253 e. The number of β-amino-alcohol motifs (C(OH)–C–C–N with tert-alkyl or cyclic N) is 1. The third-order valence-electron chi connectivity index (χ3n) is 14.3. The first-order valence-electron chi connectivity index (χ1n) is 26.4. The molecule has 76 heavy (non-hydrogen) atoms. The quantitative estimate of drug-likeness (QED) is 0.0395. The van der Waals surface area contributed by atoms with Crippen LogP contribution in [0.2, 0.25) is 0 Å². The van der Waals surface area contributed by atoms with Crippen molar-refractivity contribution in [2.75, 3.05) is 64.2 Å². The Morgan fingerprint density at radius 3 is 2.28 bits per heavy atom. The molecule has 3 aromatic carbocycles. The Hall–Kier alpha value is -6.37. The van der Waals surface area contributed by atoms with Crippen molar-refractivity contribution in [3.63, 3.8) is 0 Å². The van der Waals surface area contributed by atoms with E-state index < -0.39 is 29.5 Å². The molecule has 3 amide bonds. The summed E-state index contributed by atoms with van der Waals surface area (Å²) in [5.74, 6) is -0.339. The zero-order chi connectivity index (χ0) is 54.7. The molecule has 5 N–H and O–H groups in total. The molecule has 2 aliphatic rings. The van der Waals surface area contributed by atoms with Crippen molar-refractivity contribution in [2.24, 2.45) is 5.41 Å². The van der Waals surface area contributed by atoms with Crippen LogP contribution in [0, 0.1) is 33.1 Å². The lowest BCUT2D eigenvalue weighted by Gasteiger charge is -2.37. The molecule has 0 spiro atoms. The molecule has 2 aliphatic heterocycles. The average molecular weight is 1060 g/mol. The summed E-state index contributed by atoms with van der Waals surface area (Å²) in [5.41, 5.74) is 11.1. The second-order valence-corrected chi connectivity index (χ2v) is 21.9. The third-order valence-corrected chi connectivity index (χ3v) is 15.3. The molecular weight excluding hydrogens is 983 g/mol. The van der Waals surface area contributed by atoms with Crippen LogP contribution < -0.4 is 31.1 Å². The van der Waals surface area contributed by atoms with E-state index in [1.54, 1.807) is 16.2 Å². The smallest absolute Gasteiger partial charge is 0.253 e. The van der Waals surface area contributed by atoms with Crippen LogP contribution in [0.3, 0.4) is 0 Å². The normalized spacial score (nSPS) is 16.7. The Morgan fingerprint density at radius 2 is 1.62 bits per heavy atom. The van der Waals surface area contributed by atoms with Gasteiger partial charge in [0.25, 0.3) is 11.5 Å². The number of hydrogen-bond donors (Lipinski definition) is 5. The molecule has 2 aromatic heterocycles. The zero-order valence-electron chi connectivity index (χ0n) is 45.7. The summed E-state index contributed by atoms with van der Waals surface area (Å²) in [4.78, 5) is 66.5. The van der Waals surface area contributed by atoms with E-state index in [9.17, 15) is 24.3 Å². The number of aliphatic hydroxyl groups excluding tert-OH is 1. The summed E-state index contributed by atoms with van der Waals surface area (Å²) in [7, 11) is 0. The van der Waals surface area contributed by atoms with E-state index in [1.807, 2.05) is 97.3 Å². The van der Waals surface area contributed by atoms with Gasteiger partial charge in [0.05, 0.1) is 48.0 Å². The minimum atomic E-state index is -0.882. The summed E-state index contributed by atoms with van der Waals surface area (Å²) in [6.45, 7) is 24.9. The van der Waals surface area contributed by atoms with Crippen molar-refractivity contribution < 1.29 is 38.4 Å². The summed E-state index contributed by atoms with van der Waals surface area (Å²) < 4.78 is 23.1. The number of carbonyl (C=O) groups is 3. The highest BCUT2D eigenvalue weighted by atomic mass is 32.1. The van der Waals surface area contributed by atoms with E-state index in [-0.39, 0.29) is 75.6 Å². The first-order valence-corrected chi connectivity index (χ1v) is 27.3. The number of aromatic nitrogens is 2. The number of aliphatic hydroxyl groups is 1. The van der Waals surface area contributed by atoms with Gasteiger partial charge in [-0.25, -0.2) is 4.98 Å². The Labute approximate surface area is 451 Å². The van der Waals surface area contributed by atoms with E-state index >= 15 is 0 Å². The topological polar surface area (TPSA) is 197 Å². The van der Waals surface area contributed by atoms with Crippen LogP contribution in [-0.4, -0.2) is 121 Å². The van der Waals surface area contributed by atoms with Gasteiger partial charge in [0.2, 0.25) is 11.8 Å². The van der Waals surface area contributed by atoms with Gasteiger partial charge in [0.15, 0.2) is 0 Å². The summed E-state index contributed by atoms with van der Waals surface area (Å²) in [5, 5.41) is 20.2. The molecule has 5 aromatic rings. The molecule has 0 bridgehead atoms. The number of nitrogens with one attached hydrogen (secondary N) is 4. The van der Waals surface area contributed by atoms with Gasteiger partial charge in [0.1, 0.15) is 25.0 Å². The third kappa shape index (κ3) is 14.6. The van der Waals surface area contributed by atoms with Gasteiger partial charge < -0.3 is 54.8 Å². The van der Waals surface area contributed by atoms with E-state index in [2.05, 4.69) is 74.7 Å². The van der Waals surface area contributed by atoms with Crippen LogP contribution >= 0.6 is 11.3 Å². The number of rotatable bonds is 23. The standard InChI is InChI=1S/C59H77N7O9S/c1-11-65(46-20-22-72-23-21-46)51-30-45(29-49(38(51)4)56(69)60-32-50-36(2)28-37(3)62-57(50)70)43-16-18-48(19-17-43)75-27-26-73-24-25-74-34-53(68)64-55(59(8,9)10)58(71)66-33-47(67)31-52(66)40(6)63-39(5)42-12-14-44(15-13-42)54-41(7)61-35-76-54/h12-19,28-30,35,39,46-47,52,55,63,67H,6,11,20-27,31-34H2,1-5,7-10H3,(H,60,69)(H,62,70)(H,64,68)/t39-,47+,52-,55+/m0/s1. The number of carbonyl (C=O) groups excluding carboxylic acids is 3. The van der Waals surface area contributed by atoms with Gasteiger partial charge in [-0.2, -0.15) is 0 Å². The fourth-order valence-electron chi connectivity index (χ4n) is 10.1. The van der Waals surface area contributed by atoms with Gasteiger partial charge in [-0.05, 0) is 124 Å². The average Bonchev–Trinajstić information content (AvgIpc) is 4.03. The Morgan fingerprint density at radius 1 is 0.934 bits per heavy atom. The predicted octanol–water partition coefficient (Wildman–Crippen LogP) is 8.10. The molecule has 0 unspecified atom stereocenters. The van der Waals surface area contributed by atoms with Crippen LogP contribution in [0.1, 0.15) is 104 Å². The number of amides is 3. The lowest BCUT2D eigenvalue weighted by Crippen LogP contribution is -2.57. The number of ether oxygens (including phenoxy) is 4. The number of aromatic amines is 1. The minimum Gasteiger partial charge on any atom is -0.491 e. The van der Waals surface area contributed by atoms with E-state index in [0.717, 1.165) is 74.7 Å². The first kappa shape index (κ1) is 57.3. The van der Waals surface area contributed by atoms with E-state index in [4.69, 9.17) is 18.9 Å². The molecule has 17 heteroatoms.